The van der Waals surface area contributed by atoms with E-state index in [9.17, 15) is 4.79 Å². The predicted molar refractivity (Wildman–Crippen MR) is 89.3 cm³/mol. The zero-order valence-electron chi connectivity index (χ0n) is 14.0. The first-order valence-corrected chi connectivity index (χ1v) is 7.52. The fourth-order valence-electron chi connectivity index (χ4n) is 2.17. The number of hydrogen-bond donors (Lipinski definition) is 0. The van der Waals surface area contributed by atoms with E-state index in [4.69, 9.17) is 9.47 Å². The summed E-state index contributed by atoms with van der Waals surface area (Å²) in [4.78, 5) is 11.7. The van der Waals surface area contributed by atoms with Crippen LogP contribution >= 0.6 is 0 Å². The maximum absolute atomic E-state index is 11.7. The topological polar surface area (TPSA) is 53.4 Å². The highest BCUT2D eigenvalue weighted by atomic mass is 16.6. The molecule has 5 heteroatoms. The highest BCUT2D eigenvalue weighted by Crippen LogP contribution is 2.14. The Morgan fingerprint density at radius 1 is 1.17 bits per heavy atom. The Bertz CT molecular complexity index is 700. The van der Waals surface area contributed by atoms with Crippen molar-refractivity contribution in [3.8, 4) is 5.75 Å². The fourth-order valence-corrected chi connectivity index (χ4v) is 2.17. The minimum absolute atomic E-state index is 0.210. The van der Waals surface area contributed by atoms with Gasteiger partial charge in [-0.25, -0.2) is 4.79 Å². The van der Waals surface area contributed by atoms with Gasteiger partial charge >= 0.3 is 5.97 Å². The lowest BCUT2D eigenvalue weighted by Gasteiger charge is -2.06. The van der Waals surface area contributed by atoms with Crippen LogP contribution in [-0.4, -0.2) is 29.0 Å². The standard InChI is InChI=1S/C18H22N2O3/c1-13-5-7-16(8-6-13)22-11-12-23-18(21)10-9-17-14(2)19-20(4)15(17)3/h5-10H,11-12H2,1-4H3/b10-9+. The Morgan fingerprint density at radius 3 is 2.48 bits per heavy atom. The maximum atomic E-state index is 11.7. The monoisotopic (exact) mass is 314 g/mol. The minimum Gasteiger partial charge on any atom is -0.490 e. The molecule has 0 amide bonds. The van der Waals surface area contributed by atoms with Crippen molar-refractivity contribution in [2.75, 3.05) is 13.2 Å². The molecule has 0 N–H and O–H groups in total. The summed E-state index contributed by atoms with van der Waals surface area (Å²) >= 11 is 0. The molecule has 0 saturated carbocycles. The number of hydrogen-bond acceptors (Lipinski definition) is 4. The van der Waals surface area contributed by atoms with Crippen LogP contribution in [0.25, 0.3) is 6.08 Å². The van der Waals surface area contributed by atoms with Crippen molar-refractivity contribution in [1.82, 2.24) is 9.78 Å². The van der Waals surface area contributed by atoms with Gasteiger partial charge in [-0.3, -0.25) is 4.68 Å². The molecular weight excluding hydrogens is 292 g/mol. The van der Waals surface area contributed by atoms with Crippen LogP contribution in [0.2, 0.25) is 0 Å². The van der Waals surface area contributed by atoms with Gasteiger partial charge in [0.25, 0.3) is 0 Å². The van der Waals surface area contributed by atoms with Gasteiger partial charge in [0.15, 0.2) is 0 Å². The lowest BCUT2D eigenvalue weighted by molar-refractivity contribution is -0.138. The van der Waals surface area contributed by atoms with Gasteiger partial charge in [-0.05, 0) is 39.0 Å². The number of rotatable bonds is 6. The van der Waals surface area contributed by atoms with Crippen molar-refractivity contribution < 1.29 is 14.3 Å². The lowest BCUT2D eigenvalue weighted by atomic mass is 10.2. The number of nitrogens with zero attached hydrogens (tertiary/aromatic N) is 2. The average Bonchev–Trinajstić information content (AvgIpc) is 2.76. The van der Waals surface area contributed by atoms with E-state index in [1.807, 2.05) is 52.1 Å². The van der Waals surface area contributed by atoms with Gasteiger partial charge in [0, 0.05) is 24.4 Å². The molecule has 0 radical (unpaired) electrons. The van der Waals surface area contributed by atoms with Gasteiger partial charge < -0.3 is 9.47 Å². The number of ether oxygens (including phenoxy) is 2. The molecule has 2 aromatic rings. The van der Waals surface area contributed by atoms with E-state index < -0.39 is 0 Å². The quantitative estimate of drug-likeness (QED) is 0.467. The summed E-state index contributed by atoms with van der Waals surface area (Å²) in [5, 5.41) is 4.30. The van der Waals surface area contributed by atoms with Gasteiger partial charge in [-0.15, -0.1) is 0 Å². The third-order valence-electron chi connectivity index (χ3n) is 3.57. The van der Waals surface area contributed by atoms with Gasteiger partial charge in [0.2, 0.25) is 0 Å². The molecule has 0 saturated heterocycles. The molecule has 2 rings (SSSR count). The molecule has 0 aliphatic heterocycles. The summed E-state index contributed by atoms with van der Waals surface area (Å²) in [6.07, 6.45) is 3.16. The van der Waals surface area contributed by atoms with Gasteiger partial charge in [0.05, 0.1) is 5.69 Å². The highest BCUT2D eigenvalue weighted by Gasteiger charge is 2.06. The number of aromatic nitrogens is 2. The smallest absolute Gasteiger partial charge is 0.330 e. The number of esters is 1. The third-order valence-corrected chi connectivity index (χ3v) is 3.57. The van der Waals surface area contributed by atoms with E-state index in [1.54, 1.807) is 10.8 Å². The van der Waals surface area contributed by atoms with Gasteiger partial charge in [0.1, 0.15) is 19.0 Å². The molecule has 0 unspecified atom stereocenters. The van der Waals surface area contributed by atoms with Crippen LogP contribution in [0, 0.1) is 20.8 Å². The summed E-state index contributed by atoms with van der Waals surface area (Å²) in [6, 6.07) is 7.74. The summed E-state index contributed by atoms with van der Waals surface area (Å²) in [5.41, 5.74) is 4.02. The van der Waals surface area contributed by atoms with Crippen LogP contribution in [0.3, 0.4) is 0 Å². The molecule has 0 aliphatic rings. The van der Waals surface area contributed by atoms with Crippen molar-refractivity contribution in [2.24, 2.45) is 7.05 Å². The molecule has 0 fully saturated rings. The summed E-state index contributed by atoms with van der Waals surface area (Å²) in [5.74, 6) is 0.379. The summed E-state index contributed by atoms with van der Waals surface area (Å²) in [7, 11) is 1.88. The maximum Gasteiger partial charge on any atom is 0.330 e. The first kappa shape index (κ1) is 16.8. The van der Waals surface area contributed by atoms with Gasteiger partial charge in [-0.1, -0.05) is 17.7 Å². The predicted octanol–water partition coefficient (Wildman–Crippen LogP) is 2.98. The van der Waals surface area contributed by atoms with Crippen LogP contribution in [0.4, 0.5) is 0 Å². The SMILES string of the molecule is Cc1ccc(OCCOC(=O)/C=C/c2c(C)nn(C)c2C)cc1. The molecule has 1 heterocycles. The van der Waals surface area contributed by atoms with E-state index in [2.05, 4.69) is 5.10 Å². The Labute approximate surface area is 136 Å². The molecule has 23 heavy (non-hydrogen) atoms. The second-order valence-electron chi connectivity index (χ2n) is 5.37. The zero-order valence-corrected chi connectivity index (χ0v) is 14.0. The van der Waals surface area contributed by atoms with E-state index in [0.717, 1.165) is 22.7 Å². The molecule has 1 aromatic heterocycles. The second-order valence-corrected chi connectivity index (χ2v) is 5.37. The van der Waals surface area contributed by atoms with E-state index in [0.29, 0.717) is 6.61 Å². The van der Waals surface area contributed by atoms with Crippen molar-refractivity contribution >= 4 is 12.0 Å². The molecule has 0 atom stereocenters. The first-order valence-electron chi connectivity index (χ1n) is 7.52. The average molecular weight is 314 g/mol. The second kappa shape index (κ2) is 7.63. The Morgan fingerprint density at radius 2 is 1.87 bits per heavy atom. The normalized spacial score (nSPS) is 11.0. The Hall–Kier alpha value is -2.56. The van der Waals surface area contributed by atoms with E-state index in [-0.39, 0.29) is 12.6 Å². The number of aryl methyl sites for hydroxylation is 3. The van der Waals surface area contributed by atoms with Crippen molar-refractivity contribution in [2.45, 2.75) is 20.8 Å². The molecule has 0 aliphatic carbocycles. The van der Waals surface area contributed by atoms with Crippen LogP contribution in [-0.2, 0) is 16.6 Å². The highest BCUT2D eigenvalue weighted by molar-refractivity contribution is 5.87. The van der Waals surface area contributed by atoms with Crippen LogP contribution in [0.1, 0.15) is 22.5 Å². The number of benzene rings is 1. The third kappa shape index (κ3) is 4.71. The molecular formula is C18H22N2O3. The van der Waals surface area contributed by atoms with E-state index >= 15 is 0 Å². The van der Waals surface area contributed by atoms with E-state index in [1.165, 1.54) is 11.6 Å². The minimum atomic E-state index is -0.389. The molecule has 0 spiro atoms. The summed E-state index contributed by atoms with van der Waals surface area (Å²) in [6.45, 7) is 6.42. The van der Waals surface area contributed by atoms with Crippen LogP contribution < -0.4 is 4.74 Å². The Balaban J connectivity index is 1.76. The van der Waals surface area contributed by atoms with Crippen molar-refractivity contribution in [3.05, 3.63) is 52.9 Å². The largest absolute Gasteiger partial charge is 0.490 e. The Kier molecular flexibility index (Phi) is 5.57. The van der Waals surface area contributed by atoms with Crippen LogP contribution in [0.5, 0.6) is 5.75 Å². The van der Waals surface area contributed by atoms with Gasteiger partial charge in [-0.2, -0.15) is 5.10 Å². The molecule has 5 nitrogen and oxygen atoms in total. The molecule has 0 bridgehead atoms. The van der Waals surface area contributed by atoms with Crippen molar-refractivity contribution in [1.29, 1.82) is 0 Å². The number of carbonyl (C=O) groups excluding carboxylic acids is 1. The van der Waals surface area contributed by atoms with Crippen molar-refractivity contribution in [3.63, 3.8) is 0 Å². The first-order chi connectivity index (χ1) is 11.0. The summed E-state index contributed by atoms with van der Waals surface area (Å²) < 4.78 is 12.4. The number of carbonyl (C=O) groups is 1. The molecule has 1 aromatic carbocycles. The lowest BCUT2D eigenvalue weighted by Crippen LogP contribution is -2.10. The van der Waals surface area contributed by atoms with Crippen LogP contribution in [0.15, 0.2) is 30.3 Å². The molecule has 122 valence electrons. The zero-order chi connectivity index (χ0) is 16.8. The fraction of sp³-hybridized carbons (Fsp3) is 0.333.